The number of carbonyl (C=O) groups excluding carboxylic acids is 2. The minimum Gasteiger partial charge on any atom is -0.425 e. The van der Waals surface area contributed by atoms with Crippen LogP contribution >= 0.6 is 11.6 Å². The van der Waals surface area contributed by atoms with Crippen molar-refractivity contribution >= 4 is 23.5 Å². The zero-order valence-electron chi connectivity index (χ0n) is 18.1. The van der Waals surface area contributed by atoms with Gasteiger partial charge in [0, 0.05) is 30.7 Å². The van der Waals surface area contributed by atoms with Crippen LogP contribution in [0.1, 0.15) is 37.0 Å². The van der Waals surface area contributed by atoms with Gasteiger partial charge in [-0.2, -0.15) is 0 Å². The molecule has 0 radical (unpaired) electrons. The Morgan fingerprint density at radius 1 is 1.07 bits per heavy atom. The second-order valence-corrected chi connectivity index (χ2v) is 8.26. The molecule has 0 bridgehead atoms. The van der Waals surface area contributed by atoms with Crippen molar-refractivity contribution in [1.82, 2.24) is 9.80 Å². The summed E-state index contributed by atoms with van der Waals surface area (Å²) in [5.41, 5.74) is 1.27. The molecule has 1 atom stereocenters. The topological polar surface area (TPSA) is 49.9 Å². The molecule has 1 heterocycles. The summed E-state index contributed by atoms with van der Waals surface area (Å²) in [6, 6.07) is 12.8. The fourth-order valence-electron chi connectivity index (χ4n) is 3.92. The standard InChI is InChI=1S/C24H29ClN2O3/c1-5-27(6-2)14-13-26(4)22(28)16-24(18-9-7-17(3)8-10-18)20-15-19(25)11-12-21(20)30-23(24)29/h7-12,15H,5-6,13-14,16H2,1-4H3. The van der Waals surface area contributed by atoms with Gasteiger partial charge in [0.2, 0.25) is 5.91 Å². The molecule has 1 unspecified atom stereocenters. The Hall–Kier alpha value is -2.37. The maximum absolute atomic E-state index is 13.2. The molecule has 1 amide bonds. The summed E-state index contributed by atoms with van der Waals surface area (Å²) >= 11 is 6.26. The van der Waals surface area contributed by atoms with Crippen LogP contribution in [-0.2, 0) is 15.0 Å². The van der Waals surface area contributed by atoms with Crippen LogP contribution < -0.4 is 4.74 Å². The first-order chi connectivity index (χ1) is 14.3. The molecular formula is C24H29ClN2O3. The monoisotopic (exact) mass is 428 g/mol. The van der Waals surface area contributed by atoms with E-state index >= 15 is 0 Å². The molecule has 160 valence electrons. The SMILES string of the molecule is CCN(CC)CCN(C)C(=O)CC1(c2ccc(C)cc2)C(=O)Oc2ccc(Cl)cc21. The van der Waals surface area contributed by atoms with E-state index < -0.39 is 11.4 Å². The van der Waals surface area contributed by atoms with Gasteiger partial charge in [-0.05, 0) is 43.8 Å². The van der Waals surface area contributed by atoms with Crippen molar-refractivity contribution < 1.29 is 14.3 Å². The number of fused-ring (bicyclic) bond motifs is 1. The van der Waals surface area contributed by atoms with Crippen molar-refractivity contribution in [3.8, 4) is 5.75 Å². The smallest absolute Gasteiger partial charge is 0.327 e. The van der Waals surface area contributed by atoms with E-state index in [-0.39, 0.29) is 12.3 Å². The van der Waals surface area contributed by atoms with E-state index in [0.717, 1.165) is 30.8 Å². The largest absolute Gasteiger partial charge is 0.425 e. The lowest BCUT2D eigenvalue weighted by atomic mass is 9.72. The molecule has 6 heteroatoms. The minimum atomic E-state index is -1.20. The van der Waals surface area contributed by atoms with Gasteiger partial charge in [0.15, 0.2) is 0 Å². The number of likely N-dealkylation sites (N-methyl/N-ethyl adjacent to an activating group) is 2. The van der Waals surface area contributed by atoms with Gasteiger partial charge in [-0.1, -0.05) is 55.3 Å². The highest BCUT2D eigenvalue weighted by molar-refractivity contribution is 6.30. The average molecular weight is 429 g/mol. The number of hydrogen-bond acceptors (Lipinski definition) is 4. The van der Waals surface area contributed by atoms with Crippen LogP contribution in [-0.4, -0.2) is 54.9 Å². The van der Waals surface area contributed by atoms with Crippen LogP contribution in [0.25, 0.3) is 0 Å². The zero-order chi connectivity index (χ0) is 21.9. The Kier molecular flexibility index (Phi) is 6.84. The van der Waals surface area contributed by atoms with Gasteiger partial charge in [-0.15, -0.1) is 0 Å². The quantitative estimate of drug-likeness (QED) is 0.470. The lowest BCUT2D eigenvalue weighted by Crippen LogP contribution is -2.43. The van der Waals surface area contributed by atoms with E-state index in [0.29, 0.717) is 22.9 Å². The Morgan fingerprint density at radius 3 is 2.37 bits per heavy atom. The van der Waals surface area contributed by atoms with Gasteiger partial charge in [-0.3, -0.25) is 9.59 Å². The molecule has 2 aromatic carbocycles. The summed E-state index contributed by atoms with van der Waals surface area (Å²) in [6.07, 6.45) is -0.00299. The summed E-state index contributed by atoms with van der Waals surface area (Å²) in [4.78, 5) is 30.4. The number of esters is 1. The molecule has 0 saturated heterocycles. The van der Waals surface area contributed by atoms with E-state index in [9.17, 15) is 9.59 Å². The van der Waals surface area contributed by atoms with Gasteiger partial charge in [-0.25, -0.2) is 0 Å². The molecule has 0 fully saturated rings. The first kappa shape index (κ1) is 22.3. The van der Waals surface area contributed by atoms with Crippen LogP contribution in [0.15, 0.2) is 42.5 Å². The summed E-state index contributed by atoms with van der Waals surface area (Å²) in [5, 5.41) is 0.505. The molecule has 0 aromatic heterocycles. The Morgan fingerprint density at radius 2 is 1.73 bits per heavy atom. The molecule has 0 N–H and O–H groups in total. The van der Waals surface area contributed by atoms with Gasteiger partial charge in [0.25, 0.3) is 0 Å². The van der Waals surface area contributed by atoms with E-state index in [1.165, 1.54) is 0 Å². The van der Waals surface area contributed by atoms with Gasteiger partial charge >= 0.3 is 5.97 Å². The summed E-state index contributed by atoms with van der Waals surface area (Å²) in [5.74, 6) is -0.0785. The van der Waals surface area contributed by atoms with Crippen molar-refractivity contribution in [3.63, 3.8) is 0 Å². The number of amides is 1. The number of aryl methyl sites for hydroxylation is 1. The third-order valence-corrected chi connectivity index (χ3v) is 6.22. The second kappa shape index (κ2) is 9.19. The van der Waals surface area contributed by atoms with Crippen molar-refractivity contribution in [2.45, 2.75) is 32.6 Å². The molecule has 0 aliphatic carbocycles. The number of hydrogen-bond donors (Lipinski definition) is 0. The fourth-order valence-corrected chi connectivity index (χ4v) is 4.09. The lowest BCUT2D eigenvalue weighted by Gasteiger charge is -2.29. The third kappa shape index (κ3) is 4.23. The van der Waals surface area contributed by atoms with Crippen LogP contribution in [0.5, 0.6) is 5.75 Å². The van der Waals surface area contributed by atoms with E-state index in [4.69, 9.17) is 16.3 Å². The maximum atomic E-state index is 13.2. The lowest BCUT2D eigenvalue weighted by molar-refractivity contribution is -0.141. The van der Waals surface area contributed by atoms with Crippen LogP contribution in [0.3, 0.4) is 0 Å². The van der Waals surface area contributed by atoms with Gasteiger partial charge in [0.05, 0.1) is 6.42 Å². The number of nitrogens with zero attached hydrogens (tertiary/aromatic N) is 2. The van der Waals surface area contributed by atoms with Crippen LogP contribution in [0.2, 0.25) is 5.02 Å². The number of carbonyl (C=O) groups is 2. The summed E-state index contributed by atoms with van der Waals surface area (Å²) in [7, 11) is 1.79. The van der Waals surface area contributed by atoms with Crippen molar-refractivity contribution in [2.24, 2.45) is 0 Å². The highest BCUT2D eigenvalue weighted by Gasteiger charge is 2.52. The molecule has 0 spiro atoms. The molecule has 0 saturated carbocycles. The Bertz CT molecular complexity index is 925. The predicted molar refractivity (Wildman–Crippen MR) is 119 cm³/mol. The second-order valence-electron chi connectivity index (χ2n) is 7.82. The molecule has 1 aliphatic rings. The predicted octanol–water partition coefficient (Wildman–Crippen LogP) is 4.04. The van der Waals surface area contributed by atoms with Gasteiger partial charge < -0.3 is 14.5 Å². The van der Waals surface area contributed by atoms with Crippen LogP contribution in [0.4, 0.5) is 0 Å². The first-order valence-electron chi connectivity index (χ1n) is 10.4. The average Bonchev–Trinajstić information content (AvgIpc) is 3.00. The molecule has 3 rings (SSSR count). The van der Waals surface area contributed by atoms with E-state index in [1.807, 2.05) is 31.2 Å². The van der Waals surface area contributed by atoms with Gasteiger partial charge in [0.1, 0.15) is 11.2 Å². The highest BCUT2D eigenvalue weighted by Crippen LogP contribution is 2.48. The van der Waals surface area contributed by atoms with Crippen molar-refractivity contribution in [3.05, 3.63) is 64.2 Å². The molecule has 2 aromatic rings. The fraction of sp³-hybridized carbons (Fsp3) is 0.417. The number of benzene rings is 2. The van der Waals surface area contributed by atoms with E-state index in [2.05, 4.69) is 18.7 Å². The van der Waals surface area contributed by atoms with Crippen molar-refractivity contribution in [1.29, 1.82) is 0 Å². The Labute approximate surface area is 183 Å². The number of halogens is 1. The normalized spacial score (nSPS) is 17.7. The summed E-state index contributed by atoms with van der Waals surface area (Å²) < 4.78 is 5.60. The third-order valence-electron chi connectivity index (χ3n) is 5.99. The van der Waals surface area contributed by atoms with E-state index in [1.54, 1.807) is 30.1 Å². The van der Waals surface area contributed by atoms with Crippen molar-refractivity contribution in [2.75, 3.05) is 33.2 Å². The molecular weight excluding hydrogens is 400 g/mol. The highest BCUT2D eigenvalue weighted by atomic mass is 35.5. The number of ether oxygens (including phenoxy) is 1. The summed E-state index contributed by atoms with van der Waals surface area (Å²) in [6.45, 7) is 9.45. The maximum Gasteiger partial charge on any atom is 0.327 e. The molecule has 1 aliphatic heterocycles. The minimum absolute atomic E-state index is 0.00299. The molecule has 30 heavy (non-hydrogen) atoms. The zero-order valence-corrected chi connectivity index (χ0v) is 18.8. The molecule has 5 nitrogen and oxygen atoms in total. The number of rotatable bonds is 8. The van der Waals surface area contributed by atoms with Crippen LogP contribution in [0, 0.1) is 6.92 Å². The Balaban J connectivity index is 1.97. The first-order valence-corrected chi connectivity index (χ1v) is 10.7.